The van der Waals surface area contributed by atoms with Gasteiger partial charge >= 0.3 is 0 Å². The molecular formula is C17H27N3O. The first-order chi connectivity index (χ1) is 10.2. The second kappa shape index (κ2) is 8.13. The van der Waals surface area contributed by atoms with E-state index in [1.54, 1.807) is 18.5 Å². The van der Waals surface area contributed by atoms with Gasteiger partial charge in [-0.25, -0.2) is 0 Å². The van der Waals surface area contributed by atoms with E-state index in [9.17, 15) is 4.79 Å². The van der Waals surface area contributed by atoms with Crippen LogP contribution in [0.4, 0.5) is 0 Å². The maximum absolute atomic E-state index is 12.2. The van der Waals surface area contributed by atoms with Gasteiger partial charge in [-0.1, -0.05) is 13.8 Å². The van der Waals surface area contributed by atoms with Gasteiger partial charge in [-0.3, -0.25) is 9.78 Å². The molecule has 1 fully saturated rings. The number of hydrogen-bond acceptors (Lipinski definition) is 3. The molecule has 4 heteroatoms. The summed E-state index contributed by atoms with van der Waals surface area (Å²) in [4.78, 5) is 18.7. The standard InChI is InChI=1S/C17H27N3O/c1-3-20(4-2)16-9-5-8-15(10-11-16)19-17(21)14-7-6-12-18-13-14/h6-7,12-13,15-16H,3-5,8-11H2,1-2H3,(H,19,21). The number of rotatable bonds is 5. The van der Waals surface area contributed by atoms with E-state index < -0.39 is 0 Å². The van der Waals surface area contributed by atoms with Crippen LogP contribution in [0.2, 0.25) is 0 Å². The van der Waals surface area contributed by atoms with E-state index in [0.717, 1.165) is 25.9 Å². The fraction of sp³-hybridized carbons (Fsp3) is 0.647. The van der Waals surface area contributed by atoms with Gasteiger partial charge in [0.25, 0.3) is 5.91 Å². The van der Waals surface area contributed by atoms with Crippen LogP contribution < -0.4 is 5.32 Å². The molecule has 1 N–H and O–H groups in total. The average Bonchev–Trinajstić information content (AvgIpc) is 2.75. The van der Waals surface area contributed by atoms with Gasteiger partial charge in [0.1, 0.15) is 0 Å². The molecule has 2 rings (SSSR count). The van der Waals surface area contributed by atoms with Crippen molar-refractivity contribution in [3.63, 3.8) is 0 Å². The van der Waals surface area contributed by atoms with E-state index in [1.807, 2.05) is 6.07 Å². The van der Waals surface area contributed by atoms with Crippen LogP contribution in [0.3, 0.4) is 0 Å². The fourth-order valence-electron chi connectivity index (χ4n) is 3.30. The third kappa shape index (κ3) is 4.53. The van der Waals surface area contributed by atoms with Gasteiger partial charge in [0, 0.05) is 24.5 Å². The number of nitrogens with one attached hydrogen (secondary N) is 1. The van der Waals surface area contributed by atoms with E-state index in [-0.39, 0.29) is 5.91 Å². The third-order valence-electron chi connectivity index (χ3n) is 4.53. The summed E-state index contributed by atoms with van der Waals surface area (Å²) in [5.41, 5.74) is 0.655. The van der Waals surface area contributed by atoms with Crippen LogP contribution in [-0.4, -0.2) is 41.0 Å². The van der Waals surface area contributed by atoms with E-state index >= 15 is 0 Å². The minimum atomic E-state index is 0.00869. The molecule has 2 unspecified atom stereocenters. The summed E-state index contributed by atoms with van der Waals surface area (Å²) in [6.07, 6.45) is 9.11. The summed E-state index contributed by atoms with van der Waals surface area (Å²) in [5, 5.41) is 3.17. The van der Waals surface area contributed by atoms with E-state index in [2.05, 4.69) is 29.0 Å². The molecule has 1 saturated carbocycles. The Hall–Kier alpha value is -1.42. The molecule has 1 aromatic heterocycles. The first-order valence-corrected chi connectivity index (χ1v) is 8.19. The maximum atomic E-state index is 12.2. The Morgan fingerprint density at radius 2 is 2.10 bits per heavy atom. The molecule has 0 saturated heterocycles. The molecule has 1 heterocycles. The third-order valence-corrected chi connectivity index (χ3v) is 4.53. The lowest BCUT2D eigenvalue weighted by Gasteiger charge is -2.28. The minimum absolute atomic E-state index is 0.00869. The van der Waals surface area contributed by atoms with Crippen molar-refractivity contribution in [3.8, 4) is 0 Å². The zero-order chi connectivity index (χ0) is 15.1. The molecule has 2 atom stereocenters. The smallest absolute Gasteiger partial charge is 0.253 e. The molecular weight excluding hydrogens is 262 g/mol. The fourth-order valence-corrected chi connectivity index (χ4v) is 3.30. The van der Waals surface area contributed by atoms with E-state index in [4.69, 9.17) is 0 Å². The normalized spacial score (nSPS) is 22.8. The Labute approximate surface area is 127 Å². The number of pyridine rings is 1. The summed E-state index contributed by atoms with van der Waals surface area (Å²) < 4.78 is 0. The van der Waals surface area contributed by atoms with Crippen LogP contribution in [-0.2, 0) is 0 Å². The van der Waals surface area contributed by atoms with Gasteiger partial charge in [0.15, 0.2) is 0 Å². The van der Waals surface area contributed by atoms with Gasteiger partial charge in [-0.15, -0.1) is 0 Å². The molecule has 1 aliphatic carbocycles. The van der Waals surface area contributed by atoms with Crippen molar-refractivity contribution in [1.82, 2.24) is 15.2 Å². The summed E-state index contributed by atoms with van der Waals surface area (Å²) >= 11 is 0. The molecule has 4 nitrogen and oxygen atoms in total. The zero-order valence-electron chi connectivity index (χ0n) is 13.2. The molecule has 1 aliphatic rings. The number of carbonyl (C=O) groups excluding carboxylic acids is 1. The summed E-state index contributed by atoms with van der Waals surface area (Å²) in [5.74, 6) is 0.00869. The highest BCUT2D eigenvalue weighted by atomic mass is 16.1. The molecule has 21 heavy (non-hydrogen) atoms. The highest BCUT2D eigenvalue weighted by molar-refractivity contribution is 5.93. The molecule has 1 amide bonds. The van der Waals surface area contributed by atoms with Crippen molar-refractivity contribution >= 4 is 5.91 Å². The lowest BCUT2D eigenvalue weighted by molar-refractivity contribution is 0.0932. The quantitative estimate of drug-likeness (QED) is 0.848. The van der Waals surface area contributed by atoms with Crippen molar-refractivity contribution in [2.45, 2.75) is 58.0 Å². The Bertz CT molecular complexity index is 431. The molecule has 0 aliphatic heterocycles. The highest BCUT2D eigenvalue weighted by Gasteiger charge is 2.23. The van der Waals surface area contributed by atoms with Crippen LogP contribution in [0.1, 0.15) is 56.3 Å². The summed E-state index contributed by atoms with van der Waals surface area (Å²) in [6, 6.07) is 4.61. The second-order valence-corrected chi connectivity index (χ2v) is 5.80. The van der Waals surface area contributed by atoms with E-state index in [1.165, 1.54) is 19.3 Å². The number of amides is 1. The second-order valence-electron chi connectivity index (χ2n) is 5.80. The predicted molar refractivity (Wildman–Crippen MR) is 85.3 cm³/mol. The SMILES string of the molecule is CCN(CC)C1CCCC(NC(=O)c2cccnc2)CC1. The van der Waals surface area contributed by atoms with Gasteiger partial charge in [0.2, 0.25) is 0 Å². The van der Waals surface area contributed by atoms with Gasteiger partial charge in [-0.2, -0.15) is 0 Å². The first kappa shape index (κ1) is 16.0. The van der Waals surface area contributed by atoms with Gasteiger partial charge < -0.3 is 10.2 Å². The maximum Gasteiger partial charge on any atom is 0.253 e. The van der Waals surface area contributed by atoms with Crippen molar-refractivity contribution in [1.29, 1.82) is 0 Å². The van der Waals surface area contributed by atoms with Crippen LogP contribution >= 0.6 is 0 Å². The topological polar surface area (TPSA) is 45.2 Å². The van der Waals surface area contributed by atoms with Crippen LogP contribution in [0.15, 0.2) is 24.5 Å². The molecule has 0 radical (unpaired) electrons. The number of aromatic nitrogens is 1. The molecule has 0 spiro atoms. The summed E-state index contributed by atoms with van der Waals surface area (Å²) in [7, 11) is 0. The van der Waals surface area contributed by atoms with Crippen molar-refractivity contribution < 1.29 is 4.79 Å². The summed E-state index contributed by atoms with van der Waals surface area (Å²) in [6.45, 7) is 6.70. The molecule has 1 aromatic rings. The Morgan fingerprint density at radius 1 is 1.29 bits per heavy atom. The van der Waals surface area contributed by atoms with Gasteiger partial charge in [-0.05, 0) is 57.3 Å². The zero-order valence-corrected chi connectivity index (χ0v) is 13.2. The van der Waals surface area contributed by atoms with Crippen LogP contribution in [0, 0.1) is 0 Å². The van der Waals surface area contributed by atoms with Crippen molar-refractivity contribution in [3.05, 3.63) is 30.1 Å². The number of hydrogen-bond donors (Lipinski definition) is 1. The average molecular weight is 289 g/mol. The first-order valence-electron chi connectivity index (χ1n) is 8.19. The molecule has 0 bridgehead atoms. The number of carbonyl (C=O) groups is 1. The Balaban J connectivity index is 1.87. The van der Waals surface area contributed by atoms with Crippen molar-refractivity contribution in [2.24, 2.45) is 0 Å². The van der Waals surface area contributed by atoms with E-state index in [0.29, 0.717) is 17.6 Å². The van der Waals surface area contributed by atoms with Gasteiger partial charge in [0.05, 0.1) is 5.56 Å². The Morgan fingerprint density at radius 3 is 2.76 bits per heavy atom. The lowest BCUT2D eigenvalue weighted by atomic mass is 10.1. The largest absolute Gasteiger partial charge is 0.349 e. The molecule has 0 aromatic carbocycles. The number of nitrogens with zero attached hydrogens (tertiary/aromatic N) is 2. The van der Waals surface area contributed by atoms with Crippen LogP contribution in [0.5, 0.6) is 0 Å². The Kier molecular flexibility index (Phi) is 6.18. The monoisotopic (exact) mass is 289 g/mol. The van der Waals surface area contributed by atoms with Crippen molar-refractivity contribution in [2.75, 3.05) is 13.1 Å². The lowest BCUT2D eigenvalue weighted by Crippen LogP contribution is -2.36. The predicted octanol–water partition coefficient (Wildman–Crippen LogP) is 2.85. The minimum Gasteiger partial charge on any atom is -0.349 e. The molecule has 116 valence electrons. The van der Waals surface area contributed by atoms with Crippen LogP contribution in [0.25, 0.3) is 0 Å². The highest BCUT2D eigenvalue weighted by Crippen LogP contribution is 2.22.